The van der Waals surface area contributed by atoms with Gasteiger partial charge in [-0.1, -0.05) is 0 Å². The van der Waals surface area contributed by atoms with Gasteiger partial charge in [-0.25, -0.2) is 4.39 Å². The summed E-state index contributed by atoms with van der Waals surface area (Å²) in [6.07, 6.45) is 7.88. The van der Waals surface area contributed by atoms with Crippen molar-refractivity contribution in [2.45, 2.75) is 62.7 Å². The average molecular weight is 345 g/mol. The summed E-state index contributed by atoms with van der Waals surface area (Å²) in [6.45, 7) is 1.68. The number of carbonyl (C=O) groups is 2. The predicted molar refractivity (Wildman–Crippen MR) is 90.3 cm³/mol. The summed E-state index contributed by atoms with van der Waals surface area (Å²) in [4.78, 5) is 32.5. The van der Waals surface area contributed by atoms with Crippen LogP contribution >= 0.6 is 0 Å². The lowest BCUT2D eigenvalue weighted by Gasteiger charge is -2.47. The van der Waals surface area contributed by atoms with E-state index in [-0.39, 0.29) is 17.4 Å². The highest BCUT2D eigenvalue weighted by Crippen LogP contribution is 2.42. The molecule has 134 valence electrons. The Morgan fingerprint density at radius 1 is 1.12 bits per heavy atom. The van der Waals surface area contributed by atoms with Gasteiger partial charge >= 0.3 is 0 Å². The molecule has 3 fully saturated rings. The van der Waals surface area contributed by atoms with Crippen LogP contribution in [0.15, 0.2) is 24.5 Å². The molecular formula is C19H24FN3O2. The summed E-state index contributed by atoms with van der Waals surface area (Å²) in [5.74, 6) is -0.156. The maximum atomic E-state index is 14.4. The molecule has 1 aliphatic carbocycles. The van der Waals surface area contributed by atoms with Crippen molar-refractivity contribution < 1.29 is 14.0 Å². The summed E-state index contributed by atoms with van der Waals surface area (Å²) >= 11 is 0. The third-order valence-corrected chi connectivity index (χ3v) is 6.28. The monoisotopic (exact) mass is 345 g/mol. The summed E-state index contributed by atoms with van der Waals surface area (Å²) in [5.41, 5.74) is -0.729. The number of carbonyl (C=O) groups excluding carboxylic acids is 2. The number of halogens is 1. The van der Waals surface area contributed by atoms with E-state index in [9.17, 15) is 14.0 Å². The van der Waals surface area contributed by atoms with Crippen LogP contribution in [-0.2, 0) is 16.1 Å². The van der Waals surface area contributed by atoms with E-state index in [0.717, 1.165) is 31.2 Å². The molecule has 1 saturated carbocycles. The van der Waals surface area contributed by atoms with E-state index in [0.29, 0.717) is 38.9 Å². The molecule has 4 rings (SSSR count). The zero-order valence-electron chi connectivity index (χ0n) is 14.4. The van der Waals surface area contributed by atoms with Crippen LogP contribution in [0.25, 0.3) is 0 Å². The minimum Gasteiger partial charge on any atom is -0.340 e. The fourth-order valence-corrected chi connectivity index (χ4v) is 4.43. The smallest absolute Gasteiger partial charge is 0.260 e. The molecule has 6 heteroatoms. The molecule has 0 atom stereocenters. The predicted octanol–water partition coefficient (Wildman–Crippen LogP) is 2.46. The van der Waals surface area contributed by atoms with Crippen molar-refractivity contribution in [1.29, 1.82) is 0 Å². The van der Waals surface area contributed by atoms with Crippen LogP contribution in [0.2, 0.25) is 0 Å². The number of piperidine rings is 1. The zero-order chi connectivity index (χ0) is 17.5. The third-order valence-electron chi connectivity index (χ3n) is 6.28. The Balaban J connectivity index is 1.45. The second kappa shape index (κ2) is 6.07. The van der Waals surface area contributed by atoms with Crippen LogP contribution in [0.5, 0.6) is 0 Å². The summed E-state index contributed by atoms with van der Waals surface area (Å²) < 4.78 is 14.4. The van der Waals surface area contributed by atoms with E-state index in [4.69, 9.17) is 0 Å². The first-order valence-electron chi connectivity index (χ1n) is 9.20. The maximum Gasteiger partial charge on any atom is 0.260 e. The fraction of sp³-hybridized carbons (Fsp3) is 0.632. The van der Waals surface area contributed by atoms with Crippen molar-refractivity contribution in [2.24, 2.45) is 0 Å². The summed E-state index contributed by atoms with van der Waals surface area (Å²) in [7, 11) is 0. The number of hydrogen-bond acceptors (Lipinski definition) is 3. The zero-order valence-corrected chi connectivity index (χ0v) is 14.4. The molecule has 25 heavy (non-hydrogen) atoms. The van der Waals surface area contributed by atoms with Gasteiger partial charge < -0.3 is 9.80 Å². The molecule has 0 bridgehead atoms. The van der Waals surface area contributed by atoms with Gasteiger partial charge in [-0.3, -0.25) is 14.6 Å². The topological polar surface area (TPSA) is 53.5 Å². The maximum absolute atomic E-state index is 14.4. The van der Waals surface area contributed by atoms with Gasteiger partial charge in [0.15, 0.2) is 5.67 Å². The van der Waals surface area contributed by atoms with E-state index in [1.54, 1.807) is 17.3 Å². The number of likely N-dealkylation sites (tertiary alicyclic amines) is 2. The molecule has 3 heterocycles. The lowest BCUT2D eigenvalue weighted by atomic mass is 9.79. The van der Waals surface area contributed by atoms with E-state index in [1.165, 1.54) is 0 Å². The molecule has 2 saturated heterocycles. The third kappa shape index (κ3) is 2.81. The number of pyridine rings is 1. The molecule has 0 N–H and O–H groups in total. The van der Waals surface area contributed by atoms with Crippen LogP contribution in [0, 0.1) is 0 Å². The minimum absolute atomic E-state index is 0.178. The molecule has 1 spiro atoms. The second-order valence-electron chi connectivity index (χ2n) is 7.67. The number of aromatic nitrogens is 1. The standard InChI is InChI=1S/C19H24FN3O2/c20-19(5-1-6-19)17(25)22-12-8-18(9-13-22)7-2-16(24)23(18)14-15-3-10-21-11-4-15/h3-4,10-11H,1-2,5-9,12-14H2. The Labute approximate surface area is 147 Å². The highest BCUT2D eigenvalue weighted by molar-refractivity contribution is 5.86. The lowest BCUT2D eigenvalue weighted by molar-refractivity contribution is -0.153. The molecule has 0 unspecified atom stereocenters. The van der Waals surface area contributed by atoms with E-state index >= 15 is 0 Å². The quantitative estimate of drug-likeness (QED) is 0.846. The van der Waals surface area contributed by atoms with Gasteiger partial charge in [0.2, 0.25) is 5.91 Å². The normalized spacial score (nSPS) is 24.4. The van der Waals surface area contributed by atoms with Gasteiger partial charge in [0.05, 0.1) is 0 Å². The van der Waals surface area contributed by atoms with E-state index in [1.807, 2.05) is 17.0 Å². The SMILES string of the molecule is O=C1CCC2(CCN(C(=O)C3(F)CCC3)CC2)N1Cc1ccncc1. The van der Waals surface area contributed by atoms with Gasteiger partial charge in [0, 0.05) is 44.0 Å². The molecule has 0 aromatic carbocycles. The van der Waals surface area contributed by atoms with Crippen LogP contribution in [0.4, 0.5) is 4.39 Å². The number of alkyl halides is 1. The van der Waals surface area contributed by atoms with Gasteiger partial charge in [-0.05, 0) is 56.2 Å². The fourth-order valence-electron chi connectivity index (χ4n) is 4.43. The number of amides is 2. The highest BCUT2D eigenvalue weighted by Gasteiger charge is 2.51. The molecule has 5 nitrogen and oxygen atoms in total. The first-order valence-corrected chi connectivity index (χ1v) is 9.20. The summed E-state index contributed by atoms with van der Waals surface area (Å²) in [6, 6.07) is 3.86. The van der Waals surface area contributed by atoms with Gasteiger partial charge in [0.25, 0.3) is 5.91 Å². The van der Waals surface area contributed by atoms with E-state index in [2.05, 4.69) is 4.98 Å². The van der Waals surface area contributed by atoms with Crippen molar-refractivity contribution in [1.82, 2.24) is 14.8 Å². The molecule has 0 radical (unpaired) electrons. The van der Waals surface area contributed by atoms with Crippen molar-refractivity contribution >= 4 is 11.8 Å². The molecule has 2 aliphatic heterocycles. The largest absolute Gasteiger partial charge is 0.340 e. The molecule has 3 aliphatic rings. The van der Waals surface area contributed by atoms with Crippen molar-refractivity contribution in [2.75, 3.05) is 13.1 Å². The molecular weight excluding hydrogens is 321 g/mol. The average Bonchev–Trinajstić information content (AvgIpc) is 2.90. The van der Waals surface area contributed by atoms with Gasteiger partial charge in [0.1, 0.15) is 0 Å². The summed E-state index contributed by atoms with van der Waals surface area (Å²) in [5, 5.41) is 0. The van der Waals surface area contributed by atoms with Crippen molar-refractivity contribution in [3.63, 3.8) is 0 Å². The number of rotatable bonds is 3. The number of hydrogen-bond donors (Lipinski definition) is 0. The van der Waals surface area contributed by atoms with Crippen LogP contribution in [-0.4, -0.2) is 50.9 Å². The Hall–Kier alpha value is -1.98. The molecule has 2 amide bonds. The van der Waals surface area contributed by atoms with Crippen LogP contribution in [0.3, 0.4) is 0 Å². The van der Waals surface area contributed by atoms with Gasteiger partial charge in [-0.2, -0.15) is 0 Å². The highest BCUT2D eigenvalue weighted by atomic mass is 19.1. The van der Waals surface area contributed by atoms with Crippen molar-refractivity contribution in [3.8, 4) is 0 Å². The van der Waals surface area contributed by atoms with Gasteiger partial charge in [-0.15, -0.1) is 0 Å². The van der Waals surface area contributed by atoms with Crippen LogP contribution < -0.4 is 0 Å². The molecule has 1 aromatic heterocycles. The lowest BCUT2D eigenvalue weighted by Crippen LogP contribution is -2.58. The van der Waals surface area contributed by atoms with E-state index < -0.39 is 5.67 Å². The van der Waals surface area contributed by atoms with Crippen molar-refractivity contribution in [3.05, 3.63) is 30.1 Å². The Bertz CT molecular complexity index is 667. The Morgan fingerprint density at radius 3 is 2.40 bits per heavy atom. The Kier molecular flexibility index (Phi) is 4.01. The molecule has 1 aromatic rings. The second-order valence-corrected chi connectivity index (χ2v) is 7.67. The minimum atomic E-state index is -1.62. The Morgan fingerprint density at radius 2 is 1.80 bits per heavy atom. The first kappa shape index (κ1) is 16.5. The van der Waals surface area contributed by atoms with Crippen LogP contribution in [0.1, 0.15) is 50.5 Å². The first-order chi connectivity index (χ1) is 12.0. The number of nitrogens with zero attached hydrogens (tertiary/aromatic N) is 3.